The Morgan fingerprint density at radius 3 is 2.62 bits per heavy atom. The molecular formula is C16H15NO4. The van der Waals surface area contributed by atoms with E-state index in [1.165, 1.54) is 6.07 Å². The summed E-state index contributed by atoms with van der Waals surface area (Å²) in [6, 6.07) is 10.1. The lowest BCUT2D eigenvalue weighted by Gasteiger charge is -2.19. The molecule has 0 saturated carbocycles. The van der Waals surface area contributed by atoms with Crippen molar-refractivity contribution in [3.63, 3.8) is 0 Å². The van der Waals surface area contributed by atoms with Crippen LogP contribution in [0.5, 0.6) is 17.2 Å². The summed E-state index contributed by atoms with van der Waals surface area (Å²) < 4.78 is 10.9. The number of carbonyl (C=O) groups is 1. The summed E-state index contributed by atoms with van der Waals surface area (Å²) in [7, 11) is 0. The maximum atomic E-state index is 12.2. The Hall–Kier alpha value is -2.69. The zero-order chi connectivity index (χ0) is 14.8. The van der Waals surface area contributed by atoms with E-state index in [1.807, 2.05) is 0 Å². The van der Waals surface area contributed by atoms with Gasteiger partial charge in [0.2, 0.25) is 0 Å². The van der Waals surface area contributed by atoms with Crippen LogP contribution in [-0.2, 0) is 0 Å². The number of carbonyl (C=O) groups excluding carboxylic acids is 1. The molecule has 0 aliphatic carbocycles. The molecule has 2 aromatic rings. The summed E-state index contributed by atoms with van der Waals surface area (Å²) in [6.45, 7) is 2.80. The number of nitrogens with one attached hydrogen (secondary N) is 1. The largest absolute Gasteiger partial charge is 0.508 e. The van der Waals surface area contributed by atoms with E-state index in [4.69, 9.17) is 9.47 Å². The number of anilines is 1. The van der Waals surface area contributed by atoms with Crippen LogP contribution < -0.4 is 14.8 Å². The number of phenols is 1. The number of aryl methyl sites for hydroxylation is 1. The fourth-order valence-corrected chi connectivity index (χ4v) is 2.08. The van der Waals surface area contributed by atoms with Gasteiger partial charge in [0.05, 0.1) is 0 Å². The third-order valence-corrected chi connectivity index (χ3v) is 3.27. The minimum Gasteiger partial charge on any atom is -0.508 e. The van der Waals surface area contributed by atoms with Gasteiger partial charge in [-0.15, -0.1) is 0 Å². The van der Waals surface area contributed by atoms with Crippen LogP contribution in [0, 0.1) is 6.92 Å². The lowest BCUT2D eigenvalue weighted by molar-refractivity contribution is 0.102. The van der Waals surface area contributed by atoms with Crippen molar-refractivity contribution in [1.29, 1.82) is 0 Å². The number of amides is 1. The smallest absolute Gasteiger partial charge is 0.255 e. The van der Waals surface area contributed by atoms with E-state index < -0.39 is 0 Å². The van der Waals surface area contributed by atoms with Gasteiger partial charge < -0.3 is 19.9 Å². The van der Waals surface area contributed by atoms with Crippen molar-refractivity contribution in [2.24, 2.45) is 0 Å². The van der Waals surface area contributed by atoms with E-state index in [0.717, 1.165) is 5.56 Å². The van der Waals surface area contributed by atoms with Gasteiger partial charge in [-0.25, -0.2) is 0 Å². The van der Waals surface area contributed by atoms with Gasteiger partial charge in [-0.05, 0) is 36.8 Å². The molecule has 0 unspecified atom stereocenters. The average molecular weight is 285 g/mol. The van der Waals surface area contributed by atoms with Crippen LogP contribution in [0.25, 0.3) is 0 Å². The standard InChI is InChI=1S/C16H15NO4/c1-10-2-3-11(8-13(10)18)16(19)17-12-4-5-14-15(9-12)21-7-6-20-14/h2-5,8-9,18H,6-7H2,1H3,(H,17,19). The van der Waals surface area contributed by atoms with Crippen molar-refractivity contribution in [2.75, 3.05) is 18.5 Å². The minimum absolute atomic E-state index is 0.102. The zero-order valence-electron chi connectivity index (χ0n) is 11.6. The number of hydrogen-bond acceptors (Lipinski definition) is 4. The highest BCUT2D eigenvalue weighted by molar-refractivity contribution is 6.04. The number of benzene rings is 2. The Morgan fingerprint density at radius 1 is 1.10 bits per heavy atom. The molecule has 5 heteroatoms. The molecule has 0 atom stereocenters. The minimum atomic E-state index is -0.290. The predicted octanol–water partition coefficient (Wildman–Crippen LogP) is 2.72. The highest BCUT2D eigenvalue weighted by Gasteiger charge is 2.13. The molecule has 0 aromatic heterocycles. The van der Waals surface area contributed by atoms with Crippen LogP contribution in [-0.4, -0.2) is 24.2 Å². The Labute approximate surface area is 122 Å². The predicted molar refractivity (Wildman–Crippen MR) is 78.2 cm³/mol. The first-order valence-corrected chi connectivity index (χ1v) is 6.64. The number of phenolic OH excluding ortho intramolecular Hbond substituents is 1. The molecule has 0 spiro atoms. The summed E-state index contributed by atoms with van der Waals surface area (Å²) in [6.07, 6.45) is 0. The molecule has 1 amide bonds. The van der Waals surface area contributed by atoms with Crippen molar-refractivity contribution in [3.8, 4) is 17.2 Å². The summed E-state index contributed by atoms with van der Waals surface area (Å²) in [5.41, 5.74) is 1.74. The summed E-state index contributed by atoms with van der Waals surface area (Å²) in [5, 5.41) is 12.4. The van der Waals surface area contributed by atoms with Gasteiger partial charge in [0.15, 0.2) is 11.5 Å². The molecule has 108 valence electrons. The summed E-state index contributed by atoms with van der Waals surface area (Å²) in [4.78, 5) is 12.2. The number of ether oxygens (including phenoxy) is 2. The van der Waals surface area contributed by atoms with E-state index in [2.05, 4.69) is 5.32 Å². The Balaban J connectivity index is 1.79. The van der Waals surface area contributed by atoms with Gasteiger partial charge in [0.1, 0.15) is 19.0 Å². The van der Waals surface area contributed by atoms with Crippen molar-refractivity contribution in [1.82, 2.24) is 0 Å². The molecule has 2 aromatic carbocycles. The summed E-state index contributed by atoms with van der Waals surface area (Å²) >= 11 is 0. The van der Waals surface area contributed by atoms with Crippen LogP contribution in [0.3, 0.4) is 0 Å². The van der Waals surface area contributed by atoms with Gasteiger partial charge in [0, 0.05) is 17.3 Å². The molecule has 0 bridgehead atoms. The van der Waals surface area contributed by atoms with Crippen LogP contribution in [0.2, 0.25) is 0 Å². The van der Waals surface area contributed by atoms with Crippen LogP contribution in [0.4, 0.5) is 5.69 Å². The van der Waals surface area contributed by atoms with E-state index in [0.29, 0.717) is 36.0 Å². The van der Waals surface area contributed by atoms with E-state index in [9.17, 15) is 9.90 Å². The van der Waals surface area contributed by atoms with Gasteiger partial charge >= 0.3 is 0 Å². The maximum absolute atomic E-state index is 12.2. The first-order valence-electron chi connectivity index (χ1n) is 6.64. The SMILES string of the molecule is Cc1ccc(C(=O)Nc2ccc3c(c2)OCCO3)cc1O. The van der Waals surface area contributed by atoms with E-state index in [-0.39, 0.29) is 11.7 Å². The second-order valence-electron chi connectivity index (χ2n) is 4.81. The van der Waals surface area contributed by atoms with Crippen molar-refractivity contribution >= 4 is 11.6 Å². The molecule has 2 N–H and O–H groups in total. The number of hydrogen-bond donors (Lipinski definition) is 2. The summed E-state index contributed by atoms with van der Waals surface area (Å²) in [5.74, 6) is 1.10. The average Bonchev–Trinajstić information content (AvgIpc) is 2.50. The zero-order valence-corrected chi connectivity index (χ0v) is 11.6. The molecule has 1 heterocycles. The van der Waals surface area contributed by atoms with E-state index in [1.54, 1.807) is 37.3 Å². The molecule has 0 fully saturated rings. The Kier molecular flexibility index (Phi) is 3.39. The Morgan fingerprint density at radius 2 is 1.86 bits per heavy atom. The fraction of sp³-hybridized carbons (Fsp3) is 0.188. The first-order chi connectivity index (χ1) is 10.1. The molecule has 0 radical (unpaired) electrons. The second kappa shape index (κ2) is 5.36. The highest BCUT2D eigenvalue weighted by atomic mass is 16.6. The molecule has 1 aliphatic heterocycles. The number of aromatic hydroxyl groups is 1. The third-order valence-electron chi connectivity index (χ3n) is 3.27. The van der Waals surface area contributed by atoms with Gasteiger partial charge in [-0.2, -0.15) is 0 Å². The van der Waals surface area contributed by atoms with Crippen LogP contribution in [0.15, 0.2) is 36.4 Å². The first kappa shape index (κ1) is 13.3. The molecule has 5 nitrogen and oxygen atoms in total. The number of rotatable bonds is 2. The highest BCUT2D eigenvalue weighted by Crippen LogP contribution is 2.32. The lowest BCUT2D eigenvalue weighted by atomic mass is 10.1. The molecule has 1 aliphatic rings. The topological polar surface area (TPSA) is 67.8 Å². The third kappa shape index (κ3) is 2.76. The second-order valence-corrected chi connectivity index (χ2v) is 4.81. The van der Waals surface area contributed by atoms with Crippen molar-refractivity contribution in [2.45, 2.75) is 6.92 Å². The maximum Gasteiger partial charge on any atom is 0.255 e. The quantitative estimate of drug-likeness (QED) is 0.890. The van der Waals surface area contributed by atoms with Crippen LogP contribution >= 0.6 is 0 Å². The molecule has 3 rings (SSSR count). The van der Waals surface area contributed by atoms with E-state index >= 15 is 0 Å². The van der Waals surface area contributed by atoms with Crippen molar-refractivity contribution in [3.05, 3.63) is 47.5 Å². The molecule has 21 heavy (non-hydrogen) atoms. The molecule has 0 saturated heterocycles. The van der Waals surface area contributed by atoms with Gasteiger partial charge in [0.25, 0.3) is 5.91 Å². The monoisotopic (exact) mass is 285 g/mol. The van der Waals surface area contributed by atoms with Crippen molar-refractivity contribution < 1.29 is 19.4 Å². The van der Waals surface area contributed by atoms with Gasteiger partial charge in [-0.3, -0.25) is 4.79 Å². The Bertz CT molecular complexity index is 697. The fourth-order valence-electron chi connectivity index (χ4n) is 2.08. The molecular weight excluding hydrogens is 270 g/mol. The number of fused-ring (bicyclic) bond motifs is 1. The van der Waals surface area contributed by atoms with Crippen LogP contribution in [0.1, 0.15) is 15.9 Å². The normalized spacial score (nSPS) is 12.8. The van der Waals surface area contributed by atoms with Gasteiger partial charge in [-0.1, -0.05) is 6.07 Å². The lowest BCUT2D eigenvalue weighted by Crippen LogP contribution is -2.16.